The van der Waals surface area contributed by atoms with Crippen LogP contribution in [-0.4, -0.2) is 37.7 Å². The summed E-state index contributed by atoms with van der Waals surface area (Å²) in [6.45, 7) is 3.25. The first-order valence-electron chi connectivity index (χ1n) is 12.4. The van der Waals surface area contributed by atoms with E-state index in [1.807, 2.05) is 25.1 Å². The molecule has 1 heterocycles. The van der Waals surface area contributed by atoms with Crippen molar-refractivity contribution in [2.45, 2.75) is 70.8 Å². The van der Waals surface area contributed by atoms with Crippen LogP contribution in [0.4, 0.5) is 5.69 Å². The Bertz CT molecular complexity index is 826. The van der Waals surface area contributed by atoms with Crippen molar-refractivity contribution in [2.24, 2.45) is 23.2 Å². The number of aryl methyl sites for hydroxylation is 1. The highest BCUT2D eigenvalue weighted by Gasteiger charge is 2.51. The van der Waals surface area contributed by atoms with Crippen LogP contribution in [0.3, 0.4) is 0 Å². The average molecular weight is 441 g/mol. The Kier molecular flexibility index (Phi) is 6.15. The van der Waals surface area contributed by atoms with Gasteiger partial charge in [-0.05, 0) is 99.2 Å². The number of hydrogen-bond donors (Lipinski definition) is 2. The first-order valence-corrected chi connectivity index (χ1v) is 12.4. The molecular weight excluding hydrogens is 404 g/mol. The molecule has 4 saturated carbocycles. The smallest absolute Gasteiger partial charge is 0.243 e. The molecule has 4 bridgehead atoms. The Hall–Kier alpha value is -2.08. The first kappa shape index (κ1) is 21.7. The van der Waals surface area contributed by atoms with Crippen LogP contribution in [0.25, 0.3) is 0 Å². The fraction of sp³-hybridized carbons (Fsp3) is 0.692. The van der Waals surface area contributed by atoms with Gasteiger partial charge in [-0.3, -0.25) is 9.59 Å². The van der Waals surface area contributed by atoms with E-state index in [4.69, 9.17) is 9.47 Å². The normalized spacial score (nSPS) is 32.7. The second kappa shape index (κ2) is 9.05. The molecule has 1 unspecified atom stereocenters. The summed E-state index contributed by atoms with van der Waals surface area (Å²) in [5.74, 6) is 2.91. The Morgan fingerprint density at radius 2 is 1.81 bits per heavy atom. The quantitative estimate of drug-likeness (QED) is 0.635. The van der Waals surface area contributed by atoms with Crippen LogP contribution in [-0.2, 0) is 14.3 Å². The number of rotatable bonds is 8. The lowest BCUT2D eigenvalue weighted by Crippen LogP contribution is -2.48. The lowest BCUT2D eigenvalue weighted by Gasteiger charge is -2.56. The monoisotopic (exact) mass is 440 g/mol. The number of hydrogen-bond acceptors (Lipinski definition) is 4. The Labute approximate surface area is 190 Å². The third kappa shape index (κ3) is 4.95. The molecule has 2 amide bonds. The highest BCUT2D eigenvalue weighted by atomic mass is 16.5. The summed E-state index contributed by atoms with van der Waals surface area (Å²) in [6.07, 6.45) is 10.5. The fourth-order valence-electron chi connectivity index (χ4n) is 7.09. The maximum Gasteiger partial charge on any atom is 0.243 e. The first-order chi connectivity index (χ1) is 15.5. The lowest BCUT2D eigenvalue weighted by atomic mass is 9.49. The Morgan fingerprint density at radius 1 is 1.09 bits per heavy atom. The summed E-state index contributed by atoms with van der Waals surface area (Å²) < 4.78 is 11.6. The fourth-order valence-corrected chi connectivity index (χ4v) is 7.09. The van der Waals surface area contributed by atoms with E-state index in [2.05, 4.69) is 10.6 Å². The number of amides is 2. The zero-order valence-electron chi connectivity index (χ0n) is 19.2. The second-order valence-electron chi connectivity index (χ2n) is 10.9. The van der Waals surface area contributed by atoms with E-state index >= 15 is 0 Å². The van der Waals surface area contributed by atoms with Crippen LogP contribution < -0.4 is 15.4 Å². The van der Waals surface area contributed by atoms with Gasteiger partial charge in [-0.15, -0.1) is 0 Å². The molecule has 32 heavy (non-hydrogen) atoms. The van der Waals surface area contributed by atoms with Crippen LogP contribution in [0, 0.1) is 30.1 Å². The van der Waals surface area contributed by atoms with Gasteiger partial charge in [0.05, 0.1) is 18.3 Å². The van der Waals surface area contributed by atoms with Crippen molar-refractivity contribution < 1.29 is 19.1 Å². The predicted molar refractivity (Wildman–Crippen MR) is 123 cm³/mol. The largest absolute Gasteiger partial charge is 0.489 e. The highest BCUT2D eigenvalue weighted by Crippen LogP contribution is 2.61. The topological polar surface area (TPSA) is 76.7 Å². The van der Waals surface area contributed by atoms with Gasteiger partial charge in [-0.25, -0.2) is 0 Å². The zero-order chi connectivity index (χ0) is 22.1. The number of carbonyl (C=O) groups excluding carboxylic acids is 2. The van der Waals surface area contributed by atoms with Gasteiger partial charge in [0, 0.05) is 13.0 Å². The van der Waals surface area contributed by atoms with Crippen molar-refractivity contribution in [2.75, 3.05) is 25.1 Å². The van der Waals surface area contributed by atoms with Gasteiger partial charge in [0.15, 0.2) is 0 Å². The Balaban J connectivity index is 1.12. The molecule has 1 aromatic rings. The minimum atomic E-state index is -0.227. The molecule has 4 aliphatic carbocycles. The van der Waals surface area contributed by atoms with Gasteiger partial charge in [-0.1, -0.05) is 6.07 Å². The van der Waals surface area contributed by atoms with E-state index in [0.717, 1.165) is 42.8 Å². The molecule has 0 radical (unpaired) electrons. The molecule has 2 N–H and O–H groups in total. The second-order valence-corrected chi connectivity index (χ2v) is 10.9. The molecule has 5 aliphatic rings. The number of carbonyl (C=O) groups is 2. The van der Waals surface area contributed by atoms with Crippen molar-refractivity contribution in [3.05, 3.63) is 23.8 Å². The van der Waals surface area contributed by atoms with E-state index < -0.39 is 0 Å². The molecule has 5 fully saturated rings. The van der Waals surface area contributed by atoms with Crippen molar-refractivity contribution in [1.82, 2.24) is 5.32 Å². The third-order valence-corrected chi connectivity index (χ3v) is 8.01. The SMILES string of the molecule is Cc1ccc(NC(=O)CNC(=O)CC23CC4CC(CC(C4)C2)C3)c(OCC2CCCO2)c1. The molecule has 6 heteroatoms. The number of anilines is 1. The lowest BCUT2D eigenvalue weighted by molar-refractivity contribution is -0.131. The van der Waals surface area contributed by atoms with Crippen molar-refractivity contribution in [3.8, 4) is 5.75 Å². The van der Waals surface area contributed by atoms with Crippen LogP contribution >= 0.6 is 0 Å². The van der Waals surface area contributed by atoms with Gasteiger partial charge in [0.1, 0.15) is 12.4 Å². The van der Waals surface area contributed by atoms with Crippen LogP contribution in [0.1, 0.15) is 63.4 Å². The molecule has 1 saturated heterocycles. The molecule has 1 aromatic carbocycles. The molecule has 0 spiro atoms. The number of benzene rings is 1. The average Bonchev–Trinajstić information content (AvgIpc) is 3.25. The van der Waals surface area contributed by atoms with Crippen molar-refractivity contribution in [1.29, 1.82) is 0 Å². The minimum absolute atomic E-state index is 0.00967. The maximum absolute atomic E-state index is 12.7. The molecule has 1 atom stereocenters. The minimum Gasteiger partial charge on any atom is -0.489 e. The van der Waals surface area contributed by atoms with E-state index in [1.54, 1.807) is 0 Å². The van der Waals surface area contributed by atoms with Crippen LogP contribution in [0.2, 0.25) is 0 Å². The summed E-state index contributed by atoms with van der Waals surface area (Å²) >= 11 is 0. The van der Waals surface area contributed by atoms with Crippen LogP contribution in [0.5, 0.6) is 5.75 Å². The number of nitrogens with one attached hydrogen (secondary N) is 2. The van der Waals surface area contributed by atoms with Gasteiger partial charge < -0.3 is 20.1 Å². The summed E-state index contributed by atoms with van der Waals surface area (Å²) in [4.78, 5) is 25.3. The molecule has 1 aliphatic heterocycles. The molecule has 174 valence electrons. The summed E-state index contributed by atoms with van der Waals surface area (Å²) in [5.41, 5.74) is 1.89. The number of ether oxygens (including phenoxy) is 2. The summed E-state index contributed by atoms with van der Waals surface area (Å²) in [5, 5.41) is 5.78. The van der Waals surface area contributed by atoms with Gasteiger partial charge in [0.25, 0.3) is 0 Å². The summed E-state index contributed by atoms with van der Waals surface area (Å²) in [7, 11) is 0. The zero-order valence-corrected chi connectivity index (χ0v) is 19.2. The van der Waals surface area contributed by atoms with Gasteiger partial charge >= 0.3 is 0 Å². The molecular formula is C26H36N2O4. The summed E-state index contributed by atoms with van der Waals surface area (Å²) in [6, 6.07) is 5.73. The predicted octanol–water partition coefficient (Wildman–Crippen LogP) is 4.21. The molecule has 6 nitrogen and oxygen atoms in total. The van der Waals surface area contributed by atoms with E-state index in [9.17, 15) is 9.59 Å². The van der Waals surface area contributed by atoms with E-state index in [1.165, 1.54) is 38.5 Å². The van der Waals surface area contributed by atoms with E-state index in [-0.39, 0.29) is 29.9 Å². The molecule has 0 aromatic heterocycles. The highest BCUT2D eigenvalue weighted by molar-refractivity contribution is 5.95. The van der Waals surface area contributed by atoms with E-state index in [0.29, 0.717) is 24.5 Å². The maximum atomic E-state index is 12.7. The van der Waals surface area contributed by atoms with Crippen molar-refractivity contribution in [3.63, 3.8) is 0 Å². The van der Waals surface area contributed by atoms with Gasteiger partial charge in [0.2, 0.25) is 11.8 Å². The van der Waals surface area contributed by atoms with Crippen LogP contribution in [0.15, 0.2) is 18.2 Å². The van der Waals surface area contributed by atoms with Gasteiger partial charge in [-0.2, -0.15) is 0 Å². The Morgan fingerprint density at radius 3 is 2.47 bits per heavy atom. The standard InChI is InChI=1S/C26H36N2O4/c1-17-4-5-22(23(7-17)32-16-21-3-2-6-31-21)28-25(30)15-27-24(29)14-26-11-18-8-19(12-26)10-20(9-18)13-26/h4-5,7,18-21H,2-3,6,8-16H2,1H3,(H,27,29)(H,28,30). The molecule has 6 rings (SSSR count). The van der Waals surface area contributed by atoms with Crippen molar-refractivity contribution >= 4 is 17.5 Å². The third-order valence-electron chi connectivity index (χ3n) is 8.01.